The third-order valence-corrected chi connectivity index (χ3v) is 5.85. The minimum atomic E-state index is -0.477. The van der Waals surface area contributed by atoms with Crippen molar-refractivity contribution in [2.45, 2.75) is 38.9 Å². The van der Waals surface area contributed by atoms with Gasteiger partial charge in [0.25, 0.3) is 5.91 Å². The minimum Gasteiger partial charge on any atom is -0.399 e. The smallest absolute Gasteiger partial charge is 0.399 e. The van der Waals surface area contributed by atoms with E-state index in [4.69, 9.17) is 20.9 Å². The van der Waals surface area contributed by atoms with Crippen molar-refractivity contribution in [2.75, 3.05) is 33.2 Å². The van der Waals surface area contributed by atoms with E-state index in [9.17, 15) is 4.79 Å². The van der Waals surface area contributed by atoms with Crippen LogP contribution in [0.2, 0.25) is 5.02 Å². The van der Waals surface area contributed by atoms with Crippen molar-refractivity contribution >= 4 is 30.1 Å². The number of carbonyl (C=O) groups excluding carboxylic acids is 1. The van der Waals surface area contributed by atoms with Gasteiger partial charge in [0.1, 0.15) is 0 Å². The molecule has 2 fully saturated rings. The van der Waals surface area contributed by atoms with Gasteiger partial charge in [0.2, 0.25) is 0 Å². The highest BCUT2D eigenvalue weighted by molar-refractivity contribution is 6.62. The molecule has 0 aromatic heterocycles. The molecule has 0 N–H and O–H groups in total. The molecule has 5 nitrogen and oxygen atoms in total. The van der Waals surface area contributed by atoms with Crippen LogP contribution in [0.1, 0.15) is 38.1 Å². The lowest BCUT2D eigenvalue weighted by Crippen LogP contribution is -2.47. The molecule has 25 heavy (non-hydrogen) atoms. The van der Waals surface area contributed by atoms with Crippen molar-refractivity contribution in [3.05, 3.63) is 28.8 Å². The lowest BCUT2D eigenvalue weighted by molar-refractivity contribution is 0.00578. The number of benzene rings is 1. The molecule has 0 unspecified atom stereocenters. The highest BCUT2D eigenvalue weighted by Gasteiger charge is 2.51. The van der Waals surface area contributed by atoms with Gasteiger partial charge in [0.05, 0.1) is 21.8 Å². The summed E-state index contributed by atoms with van der Waals surface area (Å²) in [6, 6.07) is 5.44. The standard InChI is InChI=1S/C18H26BClN2O3/c1-17(2)18(3,4)25-19(24-17)13-6-7-14(15(20)12-13)16(23)22-10-8-21(5)9-11-22/h6-7,12H,8-11H2,1-5H3. The molecule has 2 aliphatic heterocycles. The van der Waals surface area contributed by atoms with E-state index in [2.05, 4.69) is 11.9 Å². The molecule has 0 radical (unpaired) electrons. The highest BCUT2D eigenvalue weighted by Crippen LogP contribution is 2.36. The van der Waals surface area contributed by atoms with Crippen LogP contribution < -0.4 is 5.46 Å². The first-order valence-corrected chi connectivity index (χ1v) is 9.11. The Kier molecular flexibility index (Phi) is 4.92. The normalized spacial score (nSPS) is 23.1. The van der Waals surface area contributed by atoms with Crippen molar-refractivity contribution in [2.24, 2.45) is 0 Å². The Labute approximate surface area is 155 Å². The van der Waals surface area contributed by atoms with E-state index in [0.717, 1.165) is 31.6 Å². The summed E-state index contributed by atoms with van der Waals surface area (Å²) in [5.41, 5.74) is 0.557. The molecule has 0 spiro atoms. The molecule has 2 saturated heterocycles. The summed E-state index contributed by atoms with van der Waals surface area (Å²) in [5, 5.41) is 0.441. The highest BCUT2D eigenvalue weighted by atomic mass is 35.5. The maximum absolute atomic E-state index is 12.7. The Morgan fingerprint density at radius 2 is 1.64 bits per heavy atom. The summed E-state index contributed by atoms with van der Waals surface area (Å²) in [5.74, 6) is -0.0152. The van der Waals surface area contributed by atoms with Crippen molar-refractivity contribution in [3.63, 3.8) is 0 Å². The molecule has 136 valence electrons. The molecule has 2 aliphatic rings. The van der Waals surface area contributed by atoms with Crippen LogP contribution in [0.5, 0.6) is 0 Å². The molecule has 1 aromatic rings. The summed E-state index contributed by atoms with van der Waals surface area (Å²) in [6.45, 7) is 11.3. The van der Waals surface area contributed by atoms with E-state index in [0.29, 0.717) is 10.6 Å². The van der Waals surface area contributed by atoms with Crippen LogP contribution in [0.15, 0.2) is 18.2 Å². The molecule has 0 atom stereocenters. The first-order chi connectivity index (χ1) is 11.6. The molecule has 7 heteroatoms. The van der Waals surface area contributed by atoms with Gasteiger partial charge in [0, 0.05) is 26.2 Å². The van der Waals surface area contributed by atoms with Crippen molar-refractivity contribution in [1.82, 2.24) is 9.80 Å². The zero-order chi connectivity index (χ0) is 18.4. The SMILES string of the molecule is CN1CCN(C(=O)c2ccc(B3OC(C)(C)C(C)(C)O3)cc2Cl)CC1. The summed E-state index contributed by atoms with van der Waals surface area (Å²) >= 11 is 6.42. The van der Waals surface area contributed by atoms with E-state index in [1.54, 1.807) is 12.1 Å². The Balaban J connectivity index is 1.77. The number of hydrogen-bond acceptors (Lipinski definition) is 4. The first kappa shape index (κ1) is 18.7. The summed E-state index contributed by atoms with van der Waals surface area (Å²) < 4.78 is 12.1. The van der Waals surface area contributed by atoms with Gasteiger partial charge in [-0.1, -0.05) is 17.7 Å². The Morgan fingerprint density at radius 1 is 1.08 bits per heavy atom. The van der Waals surface area contributed by atoms with Crippen LogP contribution in [-0.2, 0) is 9.31 Å². The average Bonchev–Trinajstić information content (AvgIpc) is 2.75. The largest absolute Gasteiger partial charge is 0.494 e. The van der Waals surface area contributed by atoms with E-state index in [1.807, 2.05) is 38.7 Å². The van der Waals surface area contributed by atoms with Gasteiger partial charge in [-0.25, -0.2) is 0 Å². The number of piperazine rings is 1. The molecule has 0 saturated carbocycles. The van der Waals surface area contributed by atoms with E-state index >= 15 is 0 Å². The fourth-order valence-corrected chi connectivity index (χ4v) is 3.28. The number of rotatable bonds is 2. The van der Waals surface area contributed by atoms with Gasteiger partial charge in [-0.3, -0.25) is 4.79 Å². The second-order valence-corrected chi connectivity index (χ2v) is 8.33. The monoisotopic (exact) mass is 364 g/mol. The van der Waals surface area contributed by atoms with Crippen LogP contribution in [-0.4, -0.2) is 67.3 Å². The maximum atomic E-state index is 12.7. The predicted octanol–water partition coefficient (Wildman–Crippen LogP) is 2.03. The Morgan fingerprint density at radius 3 is 2.16 bits per heavy atom. The molecular weight excluding hydrogens is 338 g/mol. The fraction of sp³-hybridized carbons (Fsp3) is 0.611. The second kappa shape index (κ2) is 6.58. The Hall–Kier alpha value is -1.08. The van der Waals surface area contributed by atoms with E-state index in [-0.39, 0.29) is 5.91 Å². The van der Waals surface area contributed by atoms with Crippen LogP contribution in [0.4, 0.5) is 0 Å². The lowest BCUT2D eigenvalue weighted by Gasteiger charge is -2.32. The quantitative estimate of drug-likeness (QED) is 0.753. The van der Waals surface area contributed by atoms with Gasteiger partial charge >= 0.3 is 7.12 Å². The topological polar surface area (TPSA) is 42.0 Å². The van der Waals surface area contributed by atoms with E-state index in [1.165, 1.54) is 0 Å². The number of halogens is 1. The number of likely N-dealkylation sites (N-methyl/N-ethyl adjacent to an activating group) is 1. The number of carbonyl (C=O) groups is 1. The Bertz CT molecular complexity index is 656. The van der Waals surface area contributed by atoms with Gasteiger partial charge in [-0.2, -0.15) is 0 Å². The van der Waals surface area contributed by atoms with Crippen LogP contribution in [0, 0.1) is 0 Å². The third kappa shape index (κ3) is 3.58. The summed E-state index contributed by atoms with van der Waals surface area (Å²) in [6.07, 6.45) is 0. The summed E-state index contributed by atoms with van der Waals surface area (Å²) in [4.78, 5) is 16.8. The maximum Gasteiger partial charge on any atom is 0.494 e. The number of hydrogen-bond donors (Lipinski definition) is 0. The van der Waals surface area contributed by atoms with Crippen molar-refractivity contribution < 1.29 is 14.1 Å². The van der Waals surface area contributed by atoms with Crippen LogP contribution in [0.3, 0.4) is 0 Å². The predicted molar refractivity (Wildman–Crippen MR) is 101 cm³/mol. The molecule has 1 aromatic carbocycles. The zero-order valence-electron chi connectivity index (χ0n) is 15.6. The molecule has 0 aliphatic carbocycles. The third-order valence-electron chi connectivity index (χ3n) is 5.54. The average molecular weight is 365 g/mol. The first-order valence-electron chi connectivity index (χ1n) is 8.74. The number of amides is 1. The molecule has 2 heterocycles. The molecule has 3 rings (SSSR count). The van der Waals surface area contributed by atoms with Crippen LogP contribution >= 0.6 is 11.6 Å². The van der Waals surface area contributed by atoms with Gasteiger partial charge in [0.15, 0.2) is 0 Å². The van der Waals surface area contributed by atoms with Gasteiger partial charge < -0.3 is 19.1 Å². The second-order valence-electron chi connectivity index (χ2n) is 7.92. The van der Waals surface area contributed by atoms with E-state index < -0.39 is 18.3 Å². The van der Waals surface area contributed by atoms with Gasteiger partial charge in [-0.15, -0.1) is 0 Å². The molecular formula is C18H26BClN2O3. The van der Waals surface area contributed by atoms with Crippen molar-refractivity contribution in [1.29, 1.82) is 0 Å². The van der Waals surface area contributed by atoms with Crippen molar-refractivity contribution in [3.8, 4) is 0 Å². The molecule has 0 bridgehead atoms. The minimum absolute atomic E-state index is 0.0152. The number of nitrogens with zero attached hydrogens (tertiary/aromatic N) is 2. The zero-order valence-corrected chi connectivity index (χ0v) is 16.4. The van der Waals surface area contributed by atoms with Gasteiger partial charge in [-0.05, 0) is 52.3 Å². The summed E-state index contributed by atoms with van der Waals surface area (Å²) in [7, 11) is 1.59. The van der Waals surface area contributed by atoms with Crippen LogP contribution in [0.25, 0.3) is 0 Å². The fourth-order valence-electron chi connectivity index (χ4n) is 3.01. The molecule has 1 amide bonds. The lowest BCUT2D eigenvalue weighted by atomic mass is 9.79.